The molecule has 0 saturated carbocycles. The Bertz CT molecular complexity index is 2580. The molecule has 0 radical (unpaired) electrons. The number of anilines is 1. The second kappa shape index (κ2) is 19.8. The van der Waals surface area contributed by atoms with Crippen LogP contribution < -0.4 is 19.6 Å². The van der Waals surface area contributed by atoms with E-state index in [4.69, 9.17) is 4.42 Å². The van der Waals surface area contributed by atoms with Crippen molar-refractivity contribution in [3.63, 3.8) is 0 Å². The van der Waals surface area contributed by atoms with Crippen LogP contribution in [-0.2, 0) is 20.1 Å². The van der Waals surface area contributed by atoms with Gasteiger partial charge in [0.2, 0.25) is 15.4 Å². The van der Waals surface area contributed by atoms with Crippen LogP contribution in [0.1, 0.15) is 53.4 Å². The summed E-state index contributed by atoms with van der Waals surface area (Å²) in [7, 11) is -9.29. The highest BCUT2D eigenvalue weighted by Gasteiger charge is 2.26. The Kier molecular flexibility index (Phi) is 14.8. The molecule has 0 bridgehead atoms. The molecule has 1 heterocycles. The van der Waals surface area contributed by atoms with Crippen molar-refractivity contribution in [2.75, 3.05) is 36.3 Å². The molecular formula is C45H51N3O6S4. The third-order valence-corrected chi connectivity index (χ3v) is 14.7. The van der Waals surface area contributed by atoms with Crippen molar-refractivity contribution in [2.45, 2.75) is 73.0 Å². The van der Waals surface area contributed by atoms with Gasteiger partial charge in [-0.25, -0.2) is 26.1 Å². The Morgan fingerprint density at radius 3 is 2.12 bits per heavy atom. The fourth-order valence-electron chi connectivity index (χ4n) is 6.92. The number of sulfonamides is 1. The summed E-state index contributed by atoms with van der Waals surface area (Å²) in [5.74, 6) is 1.99. The maximum absolute atomic E-state index is 13.6. The van der Waals surface area contributed by atoms with Crippen molar-refractivity contribution in [1.82, 2.24) is 9.30 Å². The van der Waals surface area contributed by atoms with E-state index in [1.807, 2.05) is 79.7 Å². The van der Waals surface area contributed by atoms with E-state index in [1.165, 1.54) is 12.1 Å². The molecule has 13 heteroatoms. The Labute approximate surface area is 351 Å². The van der Waals surface area contributed by atoms with Crippen LogP contribution in [0, 0.1) is 5.92 Å². The summed E-state index contributed by atoms with van der Waals surface area (Å²) >= 11 is 3.43. The molecule has 0 spiro atoms. The normalized spacial score (nSPS) is 13.2. The molecule has 2 aliphatic rings. The zero-order chi connectivity index (χ0) is 41.3. The fourth-order valence-corrected chi connectivity index (χ4v) is 10.8. The molecule has 0 aromatic heterocycles. The number of unbranched alkanes of at least 4 members (excludes halogenated alkanes) is 1. The van der Waals surface area contributed by atoms with Gasteiger partial charge in [-0.15, -0.1) is 11.8 Å². The van der Waals surface area contributed by atoms with Gasteiger partial charge in [0.1, 0.15) is 28.0 Å². The van der Waals surface area contributed by atoms with Gasteiger partial charge in [0.15, 0.2) is 5.88 Å². The minimum Gasteiger partial charge on any atom is -0.744 e. The molecule has 1 N–H and O–H groups in total. The standard InChI is InChI=1S/C45H51N3O6S4/c1-5-9-16-33(6-2)30-46-57(49,50)38-23-26-41(44(29-38)58(51,52)53)45-39-24-21-34(47(7-3)31-55-36-17-12-10-13-18-36)27-42(39)54-43-28-35(22-25-40(43)45)48(8-4)32-56-37-19-14-11-15-20-37/h10-15,17-29,33,46H,5-9,16,30-32H2,1-4H3. The Morgan fingerprint density at radius 1 is 0.793 bits per heavy atom. The first-order chi connectivity index (χ1) is 27.9. The van der Waals surface area contributed by atoms with E-state index in [-0.39, 0.29) is 22.9 Å². The average Bonchev–Trinajstić information content (AvgIpc) is 3.23. The predicted molar refractivity (Wildman–Crippen MR) is 238 cm³/mol. The molecule has 4 aromatic carbocycles. The van der Waals surface area contributed by atoms with E-state index in [2.05, 4.69) is 59.2 Å². The lowest BCUT2D eigenvalue weighted by atomic mass is 9.93. The molecular weight excluding hydrogens is 807 g/mol. The molecule has 9 nitrogen and oxygen atoms in total. The summed E-state index contributed by atoms with van der Waals surface area (Å²) in [4.78, 5) is 3.62. The summed E-state index contributed by atoms with van der Waals surface area (Å²) in [6.45, 7) is 9.94. The number of thioether (sulfide) groups is 2. The zero-order valence-electron chi connectivity index (χ0n) is 33.4. The molecule has 1 aliphatic carbocycles. The van der Waals surface area contributed by atoms with Crippen LogP contribution in [0.5, 0.6) is 0 Å². The second-order valence-corrected chi connectivity index (χ2v) is 19.3. The lowest BCUT2D eigenvalue weighted by molar-refractivity contribution is 0.443. The summed E-state index contributed by atoms with van der Waals surface area (Å²) < 4.78 is 78.2. The monoisotopic (exact) mass is 857 g/mol. The van der Waals surface area contributed by atoms with Crippen LogP contribution in [0.15, 0.2) is 139 Å². The molecule has 1 aliphatic heterocycles. The largest absolute Gasteiger partial charge is 0.744 e. The predicted octanol–water partition coefficient (Wildman–Crippen LogP) is 9.72. The van der Waals surface area contributed by atoms with Crippen molar-refractivity contribution >= 4 is 60.3 Å². The van der Waals surface area contributed by atoms with Crippen molar-refractivity contribution < 1.29 is 25.8 Å². The number of nitrogens with zero attached hydrogens (tertiary/aromatic N) is 2. The van der Waals surface area contributed by atoms with Gasteiger partial charge in [0, 0.05) is 62.8 Å². The van der Waals surface area contributed by atoms with Crippen molar-refractivity contribution in [3.05, 3.63) is 121 Å². The van der Waals surface area contributed by atoms with Gasteiger partial charge in [-0.05, 0) is 80.8 Å². The average molecular weight is 858 g/mol. The van der Waals surface area contributed by atoms with E-state index in [0.29, 0.717) is 39.6 Å². The number of rotatable bonds is 19. The number of fused-ring (bicyclic) bond motifs is 2. The maximum atomic E-state index is 13.6. The number of benzene rings is 5. The van der Waals surface area contributed by atoms with Crippen LogP contribution in [0.2, 0.25) is 0 Å². The summed E-state index contributed by atoms with van der Waals surface area (Å²) in [6, 6.07) is 35.7. The van der Waals surface area contributed by atoms with E-state index < -0.39 is 25.0 Å². The first-order valence-corrected chi connectivity index (χ1v) is 24.6. The highest BCUT2D eigenvalue weighted by molar-refractivity contribution is 7.99. The maximum Gasteiger partial charge on any atom is 0.240 e. The van der Waals surface area contributed by atoms with Gasteiger partial charge in [-0.1, -0.05) is 87.3 Å². The third-order valence-electron chi connectivity index (χ3n) is 10.4. The van der Waals surface area contributed by atoms with Crippen LogP contribution in [0.3, 0.4) is 0 Å². The van der Waals surface area contributed by atoms with Crippen LogP contribution in [0.25, 0.3) is 33.4 Å². The number of nitrogens with one attached hydrogen (secondary N) is 1. The first kappa shape index (κ1) is 43.5. The highest BCUT2D eigenvalue weighted by atomic mass is 32.2. The summed E-state index contributed by atoms with van der Waals surface area (Å²) in [5, 5.41) is 1.50. The van der Waals surface area contributed by atoms with Gasteiger partial charge >= 0.3 is 0 Å². The Morgan fingerprint density at radius 2 is 1.48 bits per heavy atom. The topological polar surface area (TPSA) is 123 Å². The van der Waals surface area contributed by atoms with Gasteiger partial charge in [-0.3, -0.25) is 0 Å². The molecule has 0 fully saturated rings. The quantitative estimate of drug-likeness (QED) is 0.0279. The van der Waals surface area contributed by atoms with Gasteiger partial charge in [0.25, 0.3) is 0 Å². The highest BCUT2D eigenvalue weighted by Crippen LogP contribution is 2.43. The van der Waals surface area contributed by atoms with Gasteiger partial charge < -0.3 is 13.9 Å². The molecule has 0 saturated heterocycles. The number of hydrogen-bond donors (Lipinski definition) is 1. The SMILES string of the molecule is CCCCC(CC)CNS(=O)(=O)c1ccc(-c2c3cc/c(=[N+](\CC)CSc4ccccc4)cc-3oc3cc(N(CC)CSc4ccccc4)ccc23)c(S(=O)(=O)[O-])c1. The molecule has 306 valence electrons. The lowest BCUT2D eigenvalue weighted by Crippen LogP contribution is -2.29. The van der Waals surface area contributed by atoms with Crippen molar-refractivity contribution in [1.29, 1.82) is 0 Å². The summed E-state index contributed by atoms with van der Waals surface area (Å²) in [6.07, 6.45) is 3.66. The van der Waals surface area contributed by atoms with E-state index in [0.717, 1.165) is 65.7 Å². The van der Waals surface area contributed by atoms with Crippen LogP contribution >= 0.6 is 23.5 Å². The smallest absolute Gasteiger partial charge is 0.240 e. The Hall–Kier alpha value is -4.11. The molecule has 6 rings (SSSR count). The van der Waals surface area contributed by atoms with Crippen LogP contribution in [-0.4, -0.2) is 52.8 Å². The number of hydrogen-bond acceptors (Lipinski definition) is 9. The fraction of sp³-hybridized carbons (Fsp3) is 0.311. The zero-order valence-corrected chi connectivity index (χ0v) is 36.7. The van der Waals surface area contributed by atoms with E-state index in [9.17, 15) is 21.4 Å². The second-order valence-electron chi connectivity index (χ2n) is 14.1. The minimum atomic E-state index is -5.16. The van der Waals surface area contributed by atoms with Crippen molar-refractivity contribution in [2.24, 2.45) is 5.92 Å². The molecule has 58 heavy (non-hydrogen) atoms. The third kappa shape index (κ3) is 10.5. The van der Waals surface area contributed by atoms with E-state index in [1.54, 1.807) is 23.5 Å². The van der Waals surface area contributed by atoms with E-state index >= 15 is 0 Å². The molecule has 4 aromatic rings. The molecule has 1 atom stereocenters. The molecule has 1 unspecified atom stereocenters. The van der Waals surface area contributed by atoms with Crippen LogP contribution in [0.4, 0.5) is 5.69 Å². The Balaban J connectivity index is 1.50. The first-order valence-electron chi connectivity index (χ1n) is 19.7. The van der Waals surface area contributed by atoms with Gasteiger partial charge in [-0.2, -0.15) is 0 Å². The minimum absolute atomic E-state index is 0.105. The van der Waals surface area contributed by atoms with Gasteiger partial charge in [0.05, 0.1) is 21.7 Å². The lowest BCUT2D eigenvalue weighted by Gasteiger charge is -2.24. The van der Waals surface area contributed by atoms with Crippen molar-refractivity contribution in [3.8, 4) is 22.5 Å². The molecule has 0 amide bonds. The summed E-state index contributed by atoms with van der Waals surface area (Å²) in [5.41, 5.74) is 2.56.